The van der Waals surface area contributed by atoms with Crippen molar-refractivity contribution in [2.24, 2.45) is 0 Å². The van der Waals surface area contributed by atoms with Gasteiger partial charge in [0, 0.05) is 43.8 Å². The monoisotopic (exact) mass is 1480 g/mol. The molecule has 0 bridgehead atoms. The molecule has 3 heterocycles. The predicted molar refractivity (Wildman–Crippen MR) is 447 cm³/mol. The third-order valence-corrected chi connectivity index (χ3v) is 20.7. The smallest absolute Gasteiger partial charge is 0.338 e. The summed E-state index contributed by atoms with van der Waals surface area (Å²) in [5.41, 5.74) is 16.5. The van der Waals surface area contributed by atoms with Gasteiger partial charge in [-0.1, -0.05) is 241 Å². The molecule has 0 fully saturated rings. The van der Waals surface area contributed by atoms with Crippen LogP contribution >= 0.6 is 0 Å². The summed E-state index contributed by atoms with van der Waals surface area (Å²) in [6.45, 7) is 27.0. The highest BCUT2D eigenvalue weighted by atomic mass is 16.5. The van der Waals surface area contributed by atoms with E-state index in [0.717, 1.165) is 83.5 Å². The van der Waals surface area contributed by atoms with E-state index in [1.807, 2.05) is 182 Å². The first-order valence-corrected chi connectivity index (χ1v) is 38.0. The molecule has 0 saturated carbocycles. The highest BCUT2D eigenvalue weighted by Crippen LogP contribution is 2.44. The van der Waals surface area contributed by atoms with Crippen LogP contribution in [0.4, 0.5) is 0 Å². The van der Waals surface area contributed by atoms with Crippen LogP contribution in [0.3, 0.4) is 0 Å². The minimum atomic E-state index is -0.513. The second-order valence-corrected chi connectivity index (χ2v) is 33.0. The molecule has 0 spiro atoms. The molecule has 0 unspecified atom stereocenters. The van der Waals surface area contributed by atoms with Crippen molar-refractivity contribution in [3.8, 4) is 56.7 Å². The molecule has 558 valence electrons. The molecule has 15 rings (SSSR count). The third-order valence-electron chi connectivity index (χ3n) is 20.7. The van der Waals surface area contributed by atoms with Gasteiger partial charge < -0.3 is 28.1 Å². The van der Waals surface area contributed by atoms with E-state index in [1.54, 1.807) is 24.3 Å². The van der Waals surface area contributed by atoms with Crippen molar-refractivity contribution >= 4 is 67.5 Å². The maximum Gasteiger partial charge on any atom is 0.338 e. The lowest BCUT2D eigenvalue weighted by Crippen LogP contribution is -2.17. The number of fused-ring (bicyclic) bond motifs is 6. The molecular formula is C99H89N5O8. The molecule has 0 atom stereocenters. The number of hydrogen-bond acceptors (Lipinski definition) is 11. The molecule has 0 aliphatic carbocycles. The summed E-state index contributed by atoms with van der Waals surface area (Å²) >= 11 is 0. The largest absolute Gasteiger partial charge is 0.457 e. The molecule has 112 heavy (non-hydrogen) atoms. The van der Waals surface area contributed by atoms with Crippen molar-refractivity contribution in [3.63, 3.8) is 0 Å². The van der Waals surface area contributed by atoms with Gasteiger partial charge in [0.05, 0.1) is 55.7 Å². The molecule has 12 aromatic carbocycles. The minimum absolute atomic E-state index is 0.0678. The number of carbonyl (C=O) groups is 4. The molecule has 13 nitrogen and oxygen atoms in total. The second kappa shape index (κ2) is 30.2. The zero-order chi connectivity index (χ0) is 78.4. The van der Waals surface area contributed by atoms with Gasteiger partial charge in [-0.2, -0.15) is 0 Å². The lowest BCUT2D eigenvalue weighted by atomic mass is 9.79. The van der Waals surface area contributed by atoms with Gasteiger partial charge in [-0.05, 0) is 187 Å². The number of ether oxygens (including phenoxy) is 4. The average Bonchev–Trinajstić information content (AvgIpc) is 1.56. The Bertz CT molecular complexity index is 5750. The molecule has 0 radical (unpaired) electrons. The Hall–Kier alpha value is -12.9. The third kappa shape index (κ3) is 15.7. The van der Waals surface area contributed by atoms with E-state index < -0.39 is 23.9 Å². The van der Waals surface area contributed by atoms with Crippen molar-refractivity contribution in [2.75, 3.05) is 0 Å². The van der Waals surface area contributed by atoms with Gasteiger partial charge >= 0.3 is 23.9 Å². The van der Waals surface area contributed by atoms with Crippen LogP contribution < -0.4 is 0 Å². The highest BCUT2D eigenvalue weighted by Gasteiger charge is 2.29. The molecule has 0 saturated heterocycles. The summed E-state index contributed by atoms with van der Waals surface area (Å²) < 4.78 is 28.3. The van der Waals surface area contributed by atoms with Crippen LogP contribution in [0.1, 0.15) is 169 Å². The van der Waals surface area contributed by atoms with Crippen molar-refractivity contribution < 1.29 is 38.1 Å². The summed E-state index contributed by atoms with van der Waals surface area (Å²) in [5, 5.41) is 2.77. The number of aromatic nitrogens is 5. The quantitative estimate of drug-likeness (QED) is 0.0596. The maximum absolute atomic E-state index is 14.4. The zero-order valence-corrected chi connectivity index (χ0v) is 65.3. The Morgan fingerprint density at radius 3 is 0.848 bits per heavy atom. The Balaban J connectivity index is 0.984. The van der Waals surface area contributed by atoms with E-state index in [4.69, 9.17) is 33.9 Å². The number of rotatable bonds is 18. The number of esters is 4. The molecule has 0 N–H and O–H groups in total. The number of para-hydroxylation sites is 1. The summed E-state index contributed by atoms with van der Waals surface area (Å²) in [6, 6.07) is 88.5. The van der Waals surface area contributed by atoms with Crippen LogP contribution in [0.25, 0.3) is 100 Å². The van der Waals surface area contributed by atoms with E-state index in [0.29, 0.717) is 83.6 Å². The number of carbonyl (C=O) groups excluding carboxylic acids is 4. The zero-order valence-electron chi connectivity index (χ0n) is 65.3. The van der Waals surface area contributed by atoms with Crippen molar-refractivity contribution in [2.45, 2.75) is 131 Å². The summed E-state index contributed by atoms with van der Waals surface area (Å²) in [5.74, 6) is -0.696. The van der Waals surface area contributed by atoms with Gasteiger partial charge in [0.25, 0.3) is 0 Å². The topological polar surface area (TPSA) is 154 Å². The number of hydrogen-bond donors (Lipinski definition) is 0. The van der Waals surface area contributed by atoms with Crippen LogP contribution in [-0.2, 0) is 67.0 Å². The second-order valence-electron chi connectivity index (χ2n) is 33.0. The van der Waals surface area contributed by atoms with Crippen LogP contribution in [0.15, 0.2) is 273 Å². The Morgan fingerprint density at radius 1 is 0.268 bits per heavy atom. The molecule has 13 heteroatoms. The molecule has 0 aliphatic rings. The first kappa shape index (κ1) is 74.6. The fourth-order valence-corrected chi connectivity index (χ4v) is 14.3. The summed E-state index contributed by atoms with van der Waals surface area (Å²) in [4.78, 5) is 74.3. The van der Waals surface area contributed by atoms with E-state index in [1.165, 1.54) is 0 Å². The van der Waals surface area contributed by atoms with Gasteiger partial charge in [-0.3, -0.25) is 0 Å². The Kier molecular flexibility index (Phi) is 20.1. The van der Waals surface area contributed by atoms with E-state index in [-0.39, 0.29) is 48.1 Å². The van der Waals surface area contributed by atoms with Gasteiger partial charge in [0.2, 0.25) is 0 Å². The fraction of sp³-hybridized carbons (Fsp3) is 0.202. The van der Waals surface area contributed by atoms with Gasteiger partial charge in [0.1, 0.15) is 26.4 Å². The summed E-state index contributed by atoms with van der Waals surface area (Å²) in [7, 11) is 0. The lowest BCUT2D eigenvalue weighted by Gasteiger charge is -2.26. The average molecular weight is 1480 g/mol. The van der Waals surface area contributed by atoms with Crippen LogP contribution in [0, 0.1) is 0 Å². The van der Waals surface area contributed by atoms with Gasteiger partial charge in [0.15, 0.2) is 17.5 Å². The molecule has 0 aliphatic heterocycles. The van der Waals surface area contributed by atoms with E-state index >= 15 is 0 Å². The standard InChI is InChI=1S/C99H89N5O8/c1-96(2,3)73-47-71(48-74(56-73)97(4,5)6)89-100-90(72-49-75(98(7,8)9)57-76(50-72)99(10,11)12)102-91(101-89)82-51-66(37-42-88(82)104-86-45-40-69(94(107)111-60-64-31-21-15-22-32-64)54-80(86)81-55-70(41-46-87(81)104)95(108)112-61-65-33-23-16-24-34-65)77-35-25-26-36-83(77)103-84-43-38-67(92(105)109-58-62-27-17-13-18-28-62)52-78(84)79-53-68(39-44-85(79)103)93(106)110-59-63-29-19-14-20-30-63/h13-57H,58-61H2,1-12H3. The van der Waals surface area contributed by atoms with Crippen LogP contribution in [0.2, 0.25) is 0 Å². The first-order valence-electron chi connectivity index (χ1n) is 38.0. The highest BCUT2D eigenvalue weighted by molar-refractivity contribution is 6.15. The molecule has 15 aromatic rings. The van der Waals surface area contributed by atoms with Gasteiger partial charge in [-0.15, -0.1) is 0 Å². The number of nitrogens with zero attached hydrogens (tertiary/aromatic N) is 5. The molecular weight excluding hydrogens is 1390 g/mol. The predicted octanol–water partition coefficient (Wildman–Crippen LogP) is 23.4. The Labute approximate surface area is 653 Å². The first-order chi connectivity index (χ1) is 53.7. The van der Waals surface area contributed by atoms with E-state index in [9.17, 15) is 19.2 Å². The maximum atomic E-state index is 14.4. The Morgan fingerprint density at radius 2 is 0.545 bits per heavy atom. The van der Waals surface area contributed by atoms with Crippen LogP contribution in [-0.4, -0.2) is 48.0 Å². The SMILES string of the molecule is CC(C)(C)c1cc(-c2nc(-c3cc(C(C)(C)C)cc(C(C)(C)C)c3)nc(-c3cc(-c4ccccc4-n4c5ccc(C(=O)OCc6ccccc6)cc5c5cc(C(=O)OCc6ccccc6)ccc54)ccc3-n3c4ccc(C(=O)OCc5ccccc5)cc4c4cc(C(=O)OCc5ccccc5)ccc43)n2)cc(C(C)(C)C)c1. The van der Waals surface area contributed by atoms with Gasteiger partial charge in [-0.25, -0.2) is 34.1 Å². The van der Waals surface area contributed by atoms with Crippen molar-refractivity contribution in [1.82, 2.24) is 24.1 Å². The number of benzene rings is 12. The molecule has 3 aromatic heterocycles. The normalized spacial score (nSPS) is 12.0. The molecule has 0 amide bonds. The minimum Gasteiger partial charge on any atom is -0.457 e. The van der Waals surface area contributed by atoms with E-state index in [2.05, 4.69) is 159 Å². The van der Waals surface area contributed by atoms with Crippen molar-refractivity contribution in [3.05, 3.63) is 340 Å². The van der Waals surface area contributed by atoms with Crippen molar-refractivity contribution in [1.29, 1.82) is 0 Å². The fourth-order valence-electron chi connectivity index (χ4n) is 14.3. The summed E-state index contributed by atoms with van der Waals surface area (Å²) in [6.07, 6.45) is 0. The van der Waals surface area contributed by atoms with Crippen LogP contribution in [0.5, 0.6) is 0 Å². The lowest BCUT2D eigenvalue weighted by molar-refractivity contribution is 0.0464.